The van der Waals surface area contributed by atoms with Crippen LogP contribution >= 0.6 is 111 Å². The normalized spacial score (nSPS) is 12.5. The van der Waals surface area contributed by atoms with Gasteiger partial charge in [0.25, 0.3) is 0 Å². The lowest BCUT2D eigenvalue weighted by Crippen LogP contribution is -2.03. The quantitative estimate of drug-likeness (QED) is 0.0905. The highest BCUT2D eigenvalue weighted by Crippen LogP contribution is 2.55. The van der Waals surface area contributed by atoms with Crippen LogP contribution in [0.5, 0.6) is 23.0 Å². The highest BCUT2D eigenvalue weighted by atomic mass is 79.9. The molecule has 8 bridgehead atoms. The average Bonchev–Trinajstić information content (AvgIpc) is 3.09. The van der Waals surface area contributed by atoms with E-state index in [1.54, 1.807) is 47.0 Å². The number of benzene rings is 4. The largest absolute Gasteiger partial charge is 0.491 e. The Morgan fingerprint density at radius 3 is 0.673 bits per heavy atom. The van der Waals surface area contributed by atoms with Gasteiger partial charge in [-0.15, -0.1) is 0 Å². The number of rotatable bonds is 16. The van der Waals surface area contributed by atoms with Crippen LogP contribution in [0.1, 0.15) is 79.1 Å². The summed E-state index contributed by atoms with van der Waals surface area (Å²) in [5.41, 5.74) is 0. The first-order valence-corrected chi connectivity index (χ1v) is 24.2. The van der Waals surface area contributed by atoms with Crippen molar-refractivity contribution in [3.8, 4) is 23.0 Å². The van der Waals surface area contributed by atoms with Crippen molar-refractivity contribution in [1.82, 2.24) is 0 Å². The summed E-state index contributed by atoms with van der Waals surface area (Å²) in [7, 11) is 0. The molecule has 0 saturated heterocycles. The van der Waals surface area contributed by atoms with Gasteiger partial charge < -0.3 is 18.9 Å². The van der Waals surface area contributed by atoms with Crippen LogP contribution in [0.15, 0.2) is 106 Å². The minimum Gasteiger partial charge on any atom is -0.491 e. The van der Waals surface area contributed by atoms with Gasteiger partial charge in [-0.05, 0) is 74.2 Å². The fourth-order valence-electron chi connectivity index (χ4n) is 5.10. The summed E-state index contributed by atoms with van der Waals surface area (Å²) in [5, 5.41) is 0. The van der Waals surface area contributed by atoms with E-state index in [-0.39, 0.29) is 0 Å². The molecule has 0 fully saturated rings. The molecule has 0 N–H and O–H groups in total. The number of halogens is 4. The molecule has 0 aliphatic carbocycles. The minimum absolute atomic E-state index is 0.627. The fraction of sp³-hybridized carbons (Fsp3) is 0.400. The molecule has 1 aliphatic rings. The standard InChI is InChI=1S/C40H44Br4O4S4/c1-5-9-13-45-37-29-17-25(41)18-30(37)50-32-20-27(43)22-34(39(32)47-15-11-7-3)52-36-24-28(44)23-35(40(36)48-16-12-8-4)51-33-21-26(42)19-31(49-29)38(33)46-14-10-6-2/h17-24H,5-16H2,1-4H3. The van der Waals surface area contributed by atoms with Crippen molar-refractivity contribution in [1.29, 1.82) is 0 Å². The molecule has 0 atom stereocenters. The average molecular weight is 1040 g/mol. The molecule has 0 saturated carbocycles. The molecule has 0 radical (unpaired) electrons. The predicted octanol–water partition coefficient (Wildman–Crippen LogP) is 16.4. The Hall–Kier alpha value is -0.600. The Kier molecular flexibility index (Phi) is 17.7. The van der Waals surface area contributed by atoms with Crippen molar-refractivity contribution >= 4 is 111 Å². The van der Waals surface area contributed by atoms with Crippen LogP contribution in [0, 0.1) is 0 Å². The highest BCUT2D eigenvalue weighted by Gasteiger charge is 2.25. The summed E-state index contributed by atoms with van der Waals surface area (Å²) in [5.74, 6) is 3.45. The van der Waals surface area contributed by atoms with E-state index in [2.05, 4.69) is 140 Å². The van der Waals surface area contributed by atoms with Crippen LogP contribution in [0.3, 0.4) is 0 Å². The molecule has 0 aromatic heterocycles. The number of hydrogen-bond donors (Lipinski definition) is 0. The van der Waals surface area contributed by atoms with Gasteiger partial charge in [0.05, 0.1) is 65.6 Å². The van der Waals surface area contributed by atoms with Crippen LogP contribution in [0.25, 0.3) is 0 Å². The molecule has 4 nitrogen and oxygen atoms in total. The van der Waals surface area contributed by atoms with Crippen molar-refractivity contribution in [3.05, 3.63) is 66.4 Å². The second-order valence-corrected chi connectivity index (χ2v) is 20.1. The first-order chi connectivity index (χ1) is 25.2. The van der Waals surface area contributed by atoms with E-state index in [1.807, 2.05) is 0 Å². The summed E-state index contributed by atoms with van der Waals surface area (Å²) in [6.45, 7) is 11.3. The van der Waals surface area contributed by atoms with E-state index in [0.29, 0.717) is 26.4 Å². The maximum atomic E-state index is 6.70. The van der Waals surface area contributed by atoms with Gasteiger partial charge in [-0.3, -0.25) is 0 Å². The molecule has 1 heterocycles. The molecule has 52 heavy (non-hydrogen) atoms. The van der Waals surface area contributed by atoms with Crippen LogP contribution < -0.4 is 18.9 Å². The lowest BCUT2D eigenvalue weighted by Gasteiger charge is -2.22. The molecular formula is C40H44Br4O4S4. The van der Waals surface area contributed by atoms with Crippen LogP contribution in [-0.4, -0.2) is 26.4 Å². The maximum absolute atomic E-state index is 6.70. The first-order valence-electron chi connectivity index (χ1n) is 17.8. The smallest absolute Gasteiger partial charge is 0.147 e. The van der Waals surface area contributed by atoms with Crippen molar-refractivity contribution < 1.29 is 18.9 Å². The van der Waals surface area contributed by atoms with Crippen molar-refractivity contribution in [3.63, 3.8) is 0 Å². The van der Waals surface area contributed by atoms with Crippen LogP contribution in [0.4, 0.5) is 0 Å². The van der Waals surface area contributed by atoms with E-state index < -0.39 is 0 Å². The van der Waals surface area contributed by atoms with Crippen molar-refractivity contribution in [2.45, 2.75) is 118 Å². The Morgan fingerprint density at radius 2 is 0.519 bits per heavy atom. The molecule has 4 aromatic rings. The van der Waals surface area contributed by atoms with Gasteiger partial charge in [0.1, 0.15) is 23.0 Å². The monoisotopic (exact) mass is 1030 g/mol. The molecule has 0 amide bonds. The molecule has 280 valence electrons. The molecule has 5 rings (SSSR count). The zero-order valence-corrected chi connectivity index (χ0v) is 39.5. The Bertz CT molecular complexity index is 1470. The van der Waals surface area contributed by atoms with Crippen molar-refractivity contribution in [2.24, 2.45) is 0 Å². The second-order valence-electron chi connectivity index (χ2n) is 12.1. The van der Waals surface area contributed by atoms with Crippen LogP contribution in [-0.2, 0) is 0 Å². The second kappa shape index (κ2) is 21.6. The highest BCUT2D eigenvalue weighted by molar-refractivity contribution is 9.11. The molecule has 0 spiro atoms. The number of ether oxygens (including phenoxy) is 4. The number of unbranched alkanes of at least 4 members (excludes halogenated alkanes) is 4. The van der Waals surface area contributed by atoms with E-state index in [4.69, 9.17) is 18.9 Å². The Labute approximate surface area is 360 Å². The van der Waals surface area contributed by atoms with Gasteiger partial charge in [-0.25, -0.2) is 0 Å². The number of fused-ring (bicyclic) bond motifs is 8. The topological polar surface area (TPSA) is 36.9 Å². The van der Waals surface area contributed by atoms with E-state index in [1.165, 1.54) is 0 Å². The molecular weight excluding hydrogens is 992 g/mol. The summed E-state index contributed by atoms with van der Waals surface area (Å²) in [6.07, 6.45) is 8.05. The van der Waals surface area contributed by atoms with E-state index >= 15 is 0 Å². The third-order valence-corrected chi connectivity index (χ3v) is 13.8. The van der Waals surface area contributed by atoms with Gasteiger partial charge in [-0.2, -0.15) is 0 Å². The summed E-state index contributed by atoms with van der Waals surface area (Å²) in [4.78, 5) is 8.12. The minimum atomic E-state index is 0.627. The maximum Gasteiger partial charge on any atom is 0.147 e. The Balaban J connectivity index is 1.81. The van der Waals surface area contributed by atoms with Gasteiger partial charge in [0.15, 0.2) is 0 Å². The van der Waals surface area contributed by atoms with Gasteiger partial charge in [0.2, 0.25) is 0 Å². The number of hydrogen-bond acceptors (Lipinski definition) is 8. The van der Waals surface area contributed by atoms with E-state index in [9.17, 15) is 0 Å². The van der Waals surface area contributed by atoms with Crippen molar-refractivity contribution in [2.75, 3.05) is 26.4 Å². The predicted molar refractivity (Wildman–Crippen MR) is 235 cm³/mol. The lowest BCUT2D eigenvalue weighted by molar-refractivity contribution is 0.292. The third kappa shape index (κ3) is 11.7. The van der Waals surface area contributed by atoms with Crippen LogP contribution in [0.2, 0.25) is 0 Å². The molecule has 12 heteroatoms. The molecule has 1 aliphatic heterocycles. The summed E-state index contributed by atoms with van der Waals surface area (Å²) < 4.78 is 30.7. The van der Waals surface area contributed by atoms with Gasteiger partial charge >= 0.3 is 0 Å². The molecule has 4 aromatic carbocycles. The zero-order valence-electron chi connectivity index (χ0n) is 29.9. The lowest BCUT2D eigenvalue weighted by atomic mass is 10.3. The third-order valence-electron chi connectivity index (χ3n) is 7.80. The van der Waals surface area contributed by atoms with Gasteiger partial charge in [0, 0.05) is 17.9 Å². The van der Waals surface area contributed by atoms with E-state index in [0.717, 1.165) is 131 Å². The van der Waals surface area contributed by atoms with Gasteiger partial charge in [-0.1, -0.05) is 164 Å². The SMILES string of the molecule is CCCCOc1c2cc(Br)cc1Sc1cc(Br)cc(c1OCCCC)Sc1cc(Br)cc(c1OCCCC)Sc1cc(Br)cc(c1OCCCC)S2. The Morgan fingerprint density at radius 1 is 0.346 bits per heavy atom. The first kappa shape index (κ1) is 42.5. The summed E-state index contributed by atoms with van der Waals surface area (Å²) >= 11 is 22.2. The fourth-order valence-corrected chi connectivity index (χ4v) is 12.9. The molecule has 0 unspecified atom stereocenters. The summed E-state index contributed by atoms with van der Waals surface area (Å²) in [6, 6.07) is 17.3. The zero-order chi connectivity index (χ0) is 37.0.